The van der Waals surface area contributed by atoms with E-state index in [0.29, 0.717) is 22.7 Å². The van der Waals surface area contributed by atoms with E-state index in [0.717, 1.165) is 60.2 Å². The molecule has 5 aliphatic carbocycles. The number of rotatable bonds is 7. The smallest absolute Gasteiger partial charge is 0.259 e. The summed E-state index contributed by atoms with van der Waals surface area (Å²) in [5.41, 5.74) is 1.74. The number of fused-ring (bicyclic) bond motifs is 3. The maximum Gasteiger partial charge on any atom is 0.259 e. The van der Waals surface area contributed by atoms with Gasteiger partial charge in [0.25, 0.3) is 5.56 Å². The summed E-state index contributed by atoms with van der Waals surface area (Å²) in [6.07, 6.45) is 14.2. The summed E-state index contributed by atoms with van der Waals surface area (Å²) in [6, 6.07) is 0. The summed E-state index contributed by atoms with van der Waals surface area (Å²) < 4.78 is 0. The molecule has 0 aliphatic heterocycles. The summed E-state index contributed by atoms with van der Waals surface area (Å²) >= 11 is 3.22. The topological polar surface area (TPSA) is 74.8 Å². The molecule has 2 aromatic heterocycles. The second-order valence-electron chi connectivity index (χ2n) is 10.9. The van der Waals surface area contributed by atoms with Crippen molar-refractivity contribution < 1.29 is 4.79 Å². The molecule has 172 valence electrons. The van der Waals surface area contributed by atoms with E-state index in [1.807, 2.05) is 0 Å². The number of hydrogen-bond acceptors (Lipinski definition) is 5. The Balaban J connectivity index is 0.995. The van der Waals surface area contributed by atoms with E-state index in [4.69, 9.17) is 4.98 Å². The van der Waals surface area contributed by atoms with Gasteiger partial charge < -0.3 is 10.3 Å². The molecule has 5 nitrogen and oxygen atoms in total. The Morgan fingerprint density at radius 1 is 1.12 bits per heavy atom. The quantitative estimate of drug-likeness (QED) is 0.607. The van der Waals surface area contributed by atoms with E-state index < -0.39 is 0 Å². The van der Waals surface area contributed by atoms with E-state index in [9.17, 15) is 9.59 Å². The summed E-state index contributed by atoms with van der Waals surface area (Å²) in [6.45, 7) is 0.813. The van der Waals surface area contributed by atoms with E-state index in [2.05, 4.69) is 10.3 Å². The number of carbonyl (C=O) groups excluding carboxylic acids is 1. The number of nitrogens with zero attached hydrogens (tertiary/aromatic N) is 1. The van der Waals surface area contributed by atoms with Crippen LogP contribution in [0.1, 0.15) is 74.1 Å². The first-order chi connectivity index (χ1) is 15.6. The lowest BCUT2D eigenvalue weighted by Crippen LogP contribution is -2.47. The third kappa shape index (κ3) is 4.04. The summed E-state index contributed by atoms with van der Waals surface area (Å²) in [7, 11) is 0. The molecule has 32 heavy (non-hydrogen) atoms. The van der Waals surface area contributed by atoms with Crippen molar-refractivity contribution in [1.29, 1.82) is 0 Å². The van der Waals surface area contributed by atoms with Crippen LogP contribution in [0.3, 0.4) is 0 Å². The van der Waals surface area contributed by atoms with E-state index in [-0.39, 0.29) is 11.5 Å². The number of thioether (sulfide) groups is 1. The molecule has 2 N–H and O–H groups in total. The van der Waals surface area contributed by atoms with Crippen molar-refractivity contribution in [3.63, 3.8) is 0 Å². The molecule has 7 heteroatoms. The Morgan fingerprint density at radius 3 is 2.59 bits per heavy atom. The zero-order chi connectivity index (χ0) is 21.7. The SMILES string of the molecule is O=C(CSCc1nc2sc3c(c2c(=O)[nH]1)CCCC3)NCCC12CC3CC(CC(C3)C1)C2. The van der Waals surface area contributed by atoms with Crippen molar-refractivity contribution >= 4 is 39.2 Å². The second-order valence-corrected chi connectivity index (χ2v) is 13.0. The zero-order valence-electron chi connectivity index (χ0n) is 18.7. The minimum Gasteiger partial charge on any atom is -0.355 e. The molecular weight excluding hydrogens is 438 g/mol. The Labute approximate surface area is 197 Å². The maximum atomic E-state index is 12.7. The number of nitrogens with one attached hydrogen (secondary N) is 2. The summed E-state index contributed by atoms with van der Waals surface area (Å²) in [5.74, 6) is 4.68. The molecule has 0 atom stereocenters. The number of aryl methyl sites for hydroxylation is 2. The third-order valence-corrected chi connectivity index (χ3v) is 10.6. The number of thiophene rings is 1. The largest absolute Gasteiger partial charge is 0.355 e. The molecule has 1 amide bonds. The molecule has 5 aliphatic rings. The first-order valence-electron chi connectivity index (χ1n) is 12.4. The molecule has 7 rings (SSSR count). The summed E-state index contributed by atoms with van der Waals surface area (Å²) in [4.78, 5) is 35.0. The molecule has 0 unspecified atom stereocenters. The molecule has 0 spiro atoms. The van der Waals surface area contributed by atoms with E-state index in [1.54, 1.807) is 11.3 Å². The Hall–Kier alpha value is -1.34. The van der Waals surface area contributed by atoms with Gasteiger partial charge in [0.2, 0.25) is 5.91 Å². The predicted molar refractivity (Wildman–Crippen MR) is 131 cm³/mol. The van der Waals surface area contributed by atoms with Crippen molar-refractivity contribution in [1.82, 2.24) is 15.3 Å². The molecule has 4 fully saturated rings. The Kier molecular flexibility index (Phi) is 5.61. The maximum absolute atomic E-state index is 12.7. The lowest BCUT2D eigenvalue weighted by molar-refractivity contribution is -0.119. The Bertz CT molecular complexity index is 1050. The highest BCUT2D eigenvalue weighted by molar-refractivity contribution is 7.99. The molecule has 0 aromatic carbocycles. The number of hydrogen-bond donors (Lipinski definition) is 2. The van der Waals surface area contributed by atoms with Gasteiger partial charge in [-0.15, -0.1) is 23.1 Å². The highest BCUT2D eigenvalue weighted by Crippen LogP contribution is 2.61. The number of aromatic amines is 1. The van der Waals surface area contributed by atoms with Crippen LogP contribution in [0.2, 0.25) is 0 Å². The lowest BCUT2D eigenvalue weighted by Gasteiger charge is -2.57. The fourth-order valence-electron chi connectivity index (χ4n) is 7.63. The van der Waals surface area contributed by atoms with Gasteiger partial charge in [-0.25, -0.2) is 4.98 Å². The zero-order valence-corrected chi connectivity index (χ0v) is 20.3. The standard InChI is InChI=1S/C25H33N3O2S2/c29-21(26-6-5-25-10-15-7-16(11-25)9-17(8-15)12-25)14-31-13-20-27-23(30)22-18-3-1-2-4-19(18)32-24(22)28-20/h15-17H,1-14H2,(H,26,29)(H,27,28,30). The van der Waals surface area contributed by atoms with Crippen LogP contribution >= 0.6 is 23.1 Å². The first kappa shape index (κ1) is 21.2. The minimum atomic E-state index is -0.00924. The van der Waals surface area contributed by atoms with Crippen LogP contribution < -0.4 is 10.9 Å². The summed E-state index contributed by atoms with van der Waals surface area (Å²) in [5, 5.41) is 3.97. The predicted octanol–water partition coefficient (Wildman–Crippen LogP) is 4.82. The van der Waals surface area contributed by atoms with Gasteiger partial charge in [0.05, 0.1) is 16.9 Å². The lowest BCUT2D eigenvalue weighted by atomic mass is 9.49. The van der Waals surface area contributed by atoms with Crippen LogP contribution in [0.15, 0.2) is 4.79 Å². The van der Waals surface area contributed by atoms with Gasteiger partial charge in [-0.1, -0.05) is 0 Å². The molecule has 0 saturated heterocycles. The van der Waals surface area contributed by atoms with Crippen molar-refractivity contribution in [2.75, 3.05) is 12.3 Å². The van der Waals surface area contributed by atoms with E-state index >= 15 is 0 Å². The molecule has 4 saturated carbocycles. The molecule has 0 radical (unpaired) electrons. The normalized spacial score (nSPS) is 30.6. The third-order valence-electron chi connectivity index (χ3n) is 8.49. The highest BCUT2D eigenvalue weighted by atomic mass is 32.2. The fraction of sp³-hybridized carbons (Fsp3) is 0.720. The van der Waals surface area contributed by atoms with Crippen LogP contribution in [0, 0.1) is 23.2 Å². The molecule has 2 heterocycles. The van der Waals surface area contributed by atoms with Crippen LogP contribution in [0.4, 0.5) is 0 Å². The van der Waals surface area contributed by atoms with Crippen molar-refractivity contribution in [3.8, 4) is 0 Å². The first-order valence-corrected chi connectivity index (χ1v) is 14.4. The van der Waals surface area contributed by atoms with E-state index in [1.165, 1.54) is 67.1 Å². The second kappa shape index (κ2) is 8.46. The average molecular weight is 472 g/mol. The van der Waals surface area contributed by atoms with Gasteiger partial charge in [-0.3, -0.25) is 9.59 Å². The monoisotopic (exact) mass is 471 g/mol. The number of H-pyrrole nitrogens is 1. The number of aromatic nitrogens is 2. The van der Waals surface area contributed by atoms with Gasteiger partial charge >= 0.3 is 0 Å². The van der Waals surface area contributed by atoms with Crippen LogP contribution in [0.25, 0.3) is 10.2 Å². The van der Waals surface area contributed by atoms with Crippen molar-refractivity contribution in [3.05, 3.63) is 26.6 Å². The highest BCUT2D eigenvalue weighted by Gasteiger charge is 2.50. The van der Waals surface area contributed by atoms with Gasteiger partial charge in [0.15, 0.2) is 0 Å². The number of amides is 1. The van der Waals surface area contributed by atoms with Gasteiger partial charge in [0, 0.05) is 11.4 Å². The average Bonchev–Trinajstić information content (AvgIpc) is 3.11. The van der Waals surface area contributed by atoms with Crippen molar-refractivity contribution in [2.24, 2.45) is 23.2 Å². The minimum absolute atomic E-state index is 0.00924. The van der Waals surface area contributed by atoms with Gasteiger partial charge in [0.1, 0.15) is 10.7 Å². The Morgan fingerprint density at radius 2 is 1.84 bits per heavy atom. The van der Waals surface area contributed by atoms with Gasteiger partial charge in [-0.05, 0) is 99.4 Å². The fourth-order valence-corrected chi connectivity index (χ4v) is 9.63. The molecule has 2 aromatic rings. The van der Waals surface area contributed by atoms with Crippen molar-refractivity contribution in [2.45, 2.75) is 76.4 Å². The van der Waals surface area contributed by atoms with Gasteiger partial charge in [-0.2, -0.15) is 0 Å². The molecular formula is C25H33N3O2S2. The molecule has 4 bridgehead atoms. The van der Waals surface area contributed by atoms with Crippen LogP contribution in [-0.2, 0) is 23.4 Å². The van der Waals surface area contributed by atoms with Crippen LogP contribution in [-0.4, -0.2) is 28.2 Å². The number of carbonyl (C=O) groups is 1. The van der Waals surface area contributed by atoms with Crippen LogP contribution in [0.5, 0.6) is 0 Å².